The third kappa shape index (κ3) is 3.82. The van der Waals surface area contributed by atoms with Gasteiger partial charge in [0, 0.05) is 18.0 Å². The van der Waals surface area contributed by atoms with Gasteiger partial charge in [-0.2, -0.15) is 0 Å². The largest absolute Gasteiger partial charge is 0.354 e. The van der Waals surface area contributed by atoms with E-state index in [1.54, 1.807) is 12.1 Å². The second kappa shape index (κ2) is 7.71. The molecule has 0 bridgehead atoms. The lowest BCUT2D eigenvalue weighted by Crippen LogP contribution is -2.45. The number of halogens is 3. The van der Waals surface area contributed by atoms with Crippen LogP contribution in [0.5, 0.6) is 0 Å². The van der Waals surface area contributed by atoms with Crippen LogP contribution in [0.3, 0.4) is 0 Å². The molecule has 1 amide bonds. The van der Waals surface area contributed by atoms with Gasteiger partial charge < -0.3 is 16.0 Å². The van der Waals surface area contributed by atoms with E-state index in [4.69, 9.17) is 5.73 Å². The zero-order valence-electron chi connectivity index (χ0n) is 16.9. The average Bonchev–Trinajstić information content (AvgIpc) is 3.49. The predicted molar refractivity (Wildman–Crippen MR) is 113 cm³/mol. The fraction of sp³-hybridized carbons (Fsp3) is 0.375. The summed E-state index contributed by atoms with van der Waals surface area (Å²) in [6.07, 6.45) is 3.61. The van der Waals surface area contributed by atoms with E-state index >= 15 is 0 Å². The van der Waals surface area contributed by atoms with Gasteiger partial charge in [-0.25, -0.2) is 13.2 Å². The Morgan fingerprint density at radius 1 is 1.10 bits per heavy atom. The smallest absolute Gasteiger partial charge is 0.237 e. The fourth-order valence-electron chi connectivity index (χ4n) is 4.68. The van der Waals surface area contributed by atoms with E-state index in [9.17, 15) is 18.0 Å². The molecule has 4 N–H and O–H groups in total. The van der Waals surface area contributed by atoms with Gasteiger partial charge in [0.25, 0.3) is 0 Å². The second-order valence-corrected chi connectivity index (χ2v) is 8.87. The van der Waals surface area contributed by atoms with E-state index in [2.05, 4.69) is 10.3 Å². The number of nitrogens with two attached hydrogens (primary N) is 1. The summed E-state index contributed by atoms with van der Waals surface area (Å²) in [7, 11) is 0. The van der Waals surface area contributed by atoms with Gasteiger partial charge >= 0.3 is 0 Å². The Hall–Kier alpha value is -2.80. The van der Waals surface area contributed by atoms with Gasteiger partial charge in [0.15, 0.2) is 0 Å². The number of benzene rings is 2. The topological polar surface area (TPSA) is 70.9 Å². The molecule has 4 nitrogen and oxygen atoms in total. The van der Waals surface area contributed by atoms with Crippen LogP contribution in [0.1, 0.15) is 37.2 Å². The maximum absolute atomic E-state index is 14.4. The number of aromatic amines is 1. The third-order valence-electron chi connectivity index (χ3n) is 6.64. The van der Waals surface area contributed by atoms with Crippen molar-refractivity contribution in [1.82, 2.24) is 10.3 Å². The first-order valence-corrected chi connectivity index (χ1v) is 10.7. The molecule has 5 rings (SSSR count). The molecule has 1 aromatic heterocycles. The molecule has 2 aliphatic carbocycles. The highest BCUT2D eigenvalue weighted by Gasteiger charge is 2.37. The van der Waals surface area contributed by atoms with Gasteiger partial charge in [0.1, 0.15) is 17.5 Å². The Labute approximate surface area is 178 Å². The van der Waals surface area contributed by atoms with E-state index in [1.807, 2.05) is 0 Å². The van der Waals surface area contributed by atoms with Crippen LogP contribution in [0.4, 0.5) is 13.2 Å². The summed E-state index contributed by atoms with van der Waals surface area (Å²) in [4.78, 5) is 15.2. The standard InChI is InChI=1S/C24H24F3N3O/c25-16-5-3-14(4-6-16)22-20(18-9-17(26)10-19(27)23(18)30-22)15-7-12(8-15)11-29-24(31)21(28)13-1-2-13/h3-6,9-10,12-13,15,21,30H,1-2,7-8,11,28H2,(H,29,31)/t12?,15?,21-/m0/s1. The molecule has 0 unspecified atom stereocenters. The van der Waals surface area contributed by atoms with Gasteiger partial charge in [-0.1, -0.05) is 0 Å². The number of carbonyl (C=O) groups excluding carboxylic acids is 1. The molecule has 0 saturated heterocycles. The maximum atomic E-state index is 14.4. The van der Waals surface area contributed by atoms with Crippen molar-refractivity contribution in [2.75, 3.05) is 6.54 Å². The van der Waals surface area contributed by atoms with Gasteiger partial charge in [0.05, 0.1) is 17.3 Å². The number of rotatable bonds is 6. The van der Waals surface area contributed by atoms with E-state index < -0.39 is 17.7 Å². The van der Waals surface area contributed by atoms with Gasteiger partial charge in [0.2, 0.25) is 5.91 Å². The summed E-state index contributed by atoms with van der Waals surface area (Å²) in [5.74, 6) is -1.06. The predicted octanol–water partition coefficient (Wildman–Crippen LogP) is 4.60. The van der Waals surface area contributed by atoms with Crippen LogP contribution in [0.2, 0.25) is 0 Å². The highest BCUT2D eigenvalue weighted by molar-refractivity contribution is 5.92. The van der Waals surface area contributed by atoms with Crippen LogP contribution in [-0.2, 0) is 4.79 Å². The minimum absolute atomic E-state index is 0.0917. The number of amides is 1. The van der Waals surface area contributed by atoms with Crippen molar-refractivity contribution in [3.63, 3.8) is 0 Å². The maximum Gasteiger partial charge on any atom is 0.237 e. The average molecular weight is 427 g/mol. The monoisotopic (exact) mass is 427 g/mol. The quantitative estimate of drug-likeness (QED) is 0.538. The summed E-state index contributed by atoms with van der Waals surface area (Å²) in [5.41, 5.74) is 8.45. The lowest BCUT2D eigenvalue weighted by atomic mass is 9.70. The molecule has 2 saturated carbocycles. The molecule has 2 fully saturated rings. The highest BCUT2D eigenvalue weighted by atomic mass is 19.1. The van der Waals surface area contributed by atoms with E-state index in [1.165, 1.54) is 18.2 Å². The van der Waals surface area contributed by atoms with E-state index in [0.717, 1.165) is 42.9 Å². The van der Waals surface area contributed by atoms with Crippen molar-refractivity contribution in [1.29, 1.82) is 0 Å². The third-order valence-corrected chi connectivity index (χ3v) is 6.64. The van der Waals surface area contributed by atoms with Crippen molar-refractivity contribution in [2.45, 2.75) is 37.6 Å². The number of H-pyrrole nitrogens is 1. The lowest BCUT2D eigenvalue weighted by molar-refractivity contribution is -0.123. The Kier molecular flexibility index (Phi) is 5.01. The Morgan fingerprint density at radius 3 is 2.48 bits per heavy atom. The van der Waals surface area contributed by atoms with Crippen molar-refractivity contribution in [2.24, 2.45) is 17.6 Å². The lowest BCUT2D eigenvalue weighted by Gasteiger charge is -2.36. The van der Waals surface area contributed by atoms with Gasteiger partial charge in [-0.3, -0.25) is 4.79 Å². The summed E-state index contributed by atoms with van der Waals surface area (Å²) < 4.78 is 41.9. The van der Waals surface area contributed by atoms with Crippen LogP contribution < -0.4 is 11.1 Å². The Balaban J connectivity index is 1.38. The summed E-state index contributed by atoms with van der Waals surface area (Å²) >= 11 is 0. The molecule has 1 atom stereocenters. The summed E-state index contributed by atoms with van der Waals surface area (Å²) in [6.45, 7) is 0.548. The molecule has 2 aliphatic rings. The number of hydrogen-bond acceptors (Lipinski definition) is 2. The molecule has 7 heteroatoms. The minimum Gasteiger partial charge on any atom is -0.354 e. The summed E-state index contributed by atoms with van der Waals surface area (Å²) in [5, 5.41) is 3.46. The van der Waals surface area contributed by atoms with E-state index in [0.29, 0.717) is 23.5 Å². The molecule has 2 aromatic carbocycles. The number of fused-ring (bicyclic) bond motifs is 1. The van der Waals surface area contributed by atoms with Crippen molar-refractivity contribution >= 4 is 16.8 Å². The van der Waals surface area contributed by atoms with Gasteiger partial charge in [-0.15, -0.1) is 0 Å². The Morgan fingerprint density at radius 2 is 1.81 bits per heavy atom. The molecule has 162 valence electrons. The summed E-state index contributed by atoms with van der Waals surface area (Å²) in [6, 6.07) is 7.75. The molecule has 0 spiro atoms. The number of nitrogens with one attached hydrogen (secondary N) is 2. The van der Waals surface area contributed by atoms with Crippen LogP contribution in [0, 0.1) is 29.3 Å². The molecule has 0 aliphatic heterocycles. The van der Waals surface area contributed by atoms with Crippen molar-refractivity contribution in [3.8, 4) is 11.3 Å². The van der Waals surface area contributed by atoms with Crippen molar-refractivity contribution in [3.05, 3.63) is 59.4 Å². The second-order valence-electron chi connectivity index (χ2n) is 8.87. The van der Waals surface area contributed by atoms with Gasteiger partial charge in [-0.05, 0) is 84.9 Å². The normalized spacial score (nSPS) is 21.7. The molecule has 3 aromatic rings. The molecule has 0 radical (unpaired) electrons. The molecular weight excluding hydrogens is 403 g/mol. The first-order chi connectivity index (χ1) is 14.9. The van der Waals surface area contributed by atoms with Crippen LogP contribution >= 0.6 is 0 Å². The van der Waals surface area contributed by atoms with E-state index in [-0.39, 0.29) is 29.1 Å². The zero-order chi connectivity index (χ0) is 21.7. The SMILES string of the molecule is N[C@H](C(=O)NCC1CC(c2c(-c3ccc(F)cc3)[nH]c3c(F)cc(F)cc23)C1)C1CC1. The van der Waals surface area contributed by atoms with Crippen molar-refractivity contribution < 1.29 is 18.0 Å². The number of carbonyl (C=O) groups is 1. The zero-order valence-corrected chi connectivity index (χ0v) is 16.9. The van der Waals surface area contributed by atoms with Crippen LogP contribution in [-0.4, -0.2) is 23.5 Å². The Bertz CT molecular complexity index is 1130. The first-order valence-electron chi connectivity index (χ1n) is 10.7. The minimum atomic E-state index is -0.651. The highest BCUT2D eigenvalue weighted by Crippen LogP contribution is 2.48. The van der Waals surface area contributed by atoms with Crippen LogP contribution in [0.15, 0.2) is 36.4 Å². The first kappa shape index (κ1) is 20.1. The number of aromatic nitrogens is 1. The molecule has 31 heavy (non-hydrogen) atoms. The molecular formula is C24H24F3N3O. The molecule has 1 heterocycles. The fourth-order valence-corrected chi connectivity index (χ4v) is 4.68. The van der Waals surface area contributed by atoms with Crippen LogP contribution in [0.25, 0.3) is 22.2 Å². The number of hydrogen-bond donors (Lipinski definition) is 3.